The Hall–Kier alpha value is -2.13. The Morgan fingerprint density at radius 2 is 1.37 bits per heavy atom. The summed E-state index contributed by atoms with van der Waals surface area (Å²) in [5.74, 6) is -0.986. The van der Waals surface area contributed by atoms with Gasteiger partial charge in [0.15, 0.2) is 0 Å². The molecule has 1 aromatic carbocycles. The van der Waals surface area contributed by atoms with Gasteiger partial charge in [-0.3, -0.25) is 14.5 Å². The summed E-state index contributed by atoms with van der Waals surface area (Å²) in [6, 6.07) is 5.11. The van der Waals surface area contributed by atoms with Gasteiger partial charge in [0.05, 0.1) is 18.8 Å². The summed E-state index contributed by atoms with van der Waals surface area (Å²) >= 11 is 0. The van der Waals surface area contributed by atoms with Gasteiger partial charge in [0.1, 0.15) is 0 Å². The molecule has 148 valence electrons. The average molecular weight is 385 g/mol. The molecule has 1 aromatic rings. The first-order valence-electron chi connectivity index (χ1n) is 8.89. The highest BCUT2D eigenvalue weighted by Crippen LogP contribution is 2.29. The van der Waals surface area contributed by atoms with Crippen LogP contribution in [0.3, 0.4) is 0 Å². The molecular weight excluding hydrogens is 363 g/mol. The summed E-state index contributed by atoms with van der Waals surface area (Å²) in [5, 5.41) is 0. The van der Waals surface area contributed by atoms with Gasteiger partial charge in [0.2, 0.25) is 0 Å². The van der Waals surface area contributed by atoms with Gasteiger partial charge in [-0.15, -0.1) is 0 Å². The minimum absolute atomic E-state index is 0.426. The Morgan fingerprint density at radius 1 is 0.852 bits per heavy atom. The van der Waals surface area contributed by atoms with Gasteiger partial charge in [-0.05, 0) is 17.7 Å². The second kappa shape index (κ2) is 8.26. The van der Waals surface area contributed by atoms with Crippen molar-refractivity contribution >= 4 is 11.8 Å². The van der Waals surface area contributed by atoms with Crippen LogP contribution in [0.25, 0.3) is 0 Å². The maximum absolute atomic E-state index is 12.6. The third-order valence-electron chi connectivity index (χ3n) is 4.83. The van der Waals surface area contributed by atoms with E-state index in [1.165, 1.54) is 17.0 Å². The zero-order valence-electron chi connectivity index (χ0n) is 14.9. The predicted octanol–water partition coefficient (Wildman–Crippen LogP) is 1.21. The summed E-state index contributed by atoms with van der Waals surface area (Å²) in [4.78, 5) is 29.7. The van der Waals surface area contributed by atoms with Crippen LogP contribution in [0.15, 0.2) is 24.3 Å². The van der Waals surface area contributed by atoms with Crippen LogP contribution >= 0.6 is 0 Å². The third-order valence-corrected chi connectivity index (χ3v) is 4.83. The van der Waals surface area contributed by atoms with E-state index in [-0.39, 0.29) is 0 Å². The van der Waals surface area contributed by atoms with E-state index >= 15 is 0 Å². The zero-order chi connectivity index (χ0) is 19.4. The van der Waals surface area contributed by atoms with Gasteiger partial charge in [-0.2, -0.15) is 13.2 Å². The van der Waals surface area contributed by atoms with E-state index in [4.69, 9.17) is 4.74 Å². The summed E-state index contributed by atoms with van der Waals surface area (Å²) in [6.07, 6.45) is -4.34. The Morgan fingerprint density at radius 3 is 1.89 bits per heavy atom. The number of amides is 2. The van der Waals surface area contributed by atoms with Crippen molar-refractivity contribution in [3.63, 3.8) is 0 Å². The number of carbonyl (C=O) groups excluding carboxylic acids is 2. The van der Waals surface area contributed by atoms with Gasteiger partial charge in [0, 0.05) is 45.8 Å². The number of alkyl halides is 3. The van der Waals surface area contributed by atoms with Crippen molar-refractivity contribution in [1.29, 1.82) is 0 Å². The lowest BCUT2D eigenvalue weighted by atomic mass is 10.1. The zero-order valence-corrected chi connectivity index (χ0v) is 14.9. The monoisotopic (exact) mass is 385 g/mol. The van der Waals surface area contributed by atoms with E-state index < -0.39 is 23.6 Å². The second-order valence-electron chi connectivity index (χ2n) is 6.67. The number of piperazine rings is 1. The molecule has 2 aliphatic rings. The fourth-order valence-electron chi connectivity index (χ4n) is 3.20. The van der Waals surface area contributed by atoms with E-state index in [2.05, 4.69) is 4.90 Å². The van der Waals surface area contributed by atoms with Crippen molar-refractivity contribution in [3.8, 4) is 0 Å². The summed E-state index contributed by atoms with van der Waals surface area (Å²) in [7, 11) is 0. The number of halogens is 3. The lowest BCUT2D eigenvalue weighted by Gasteiger charge is -2.35. The standard InChI is InChI=1S/C18H22F3N3O3/c19-18(20,21)15-3-1-14(2-4-15)13-22-5-7-23(8-6-22)16(25)17(26)24-9-11-27-12-10-24/h1-4H,5-13H2. The maximum Gasteiger partial charge on any atom is 0.416 e. The van der Waals surface area contributed by atoms with Crippen molar-refractivity contribution in [2.24, 2.45) is 0 Å². The molecule has 9 heteroatoms. The van der Waals surface area contributed by atoms with Crippen LogP contribution in [-0.2, 0) is 27.0 Å². The molecule has 2 aliphatic heterocycles. The largest absolute Gasteiger partial charge is 0.416 e. The molecule has 3 rings (SSSR count). The summed E-state index contributed by atoms with van der Waals surface area (Å²) < 4.78 is 43.0. The third kappa shape index (κ3) is 4.98. The van der Waals surface area contributed by atoms with Crippen LogP contribution in [0.2, 0.25) is 0 Å². The Balaban J connectivity index is 1.48. The van der Waals surface area contributed by atoms with Crippen molar-refractivity contribution in [2.45, 2.75) is 12.7 Å². The van der Waals surface area contributed by atoms with E-state index in [1.807, 2.05) is 0 Å². The highest BCUT2D eigenvalue weighted by molar-refractivity contribution is 6.34. The normalized spacial score (nSPS) is 19.2. The van der Waals surface area contributed by atoms with Crippen molar-refractivity contribution in [2.75, 3.05) is 52.5 Å². The fourth-order valence-corrected chi connectivity index (χ4v) is 3.20. The molecule has 0 spiro atoms. The average Bonchev–Trinajstić information content (AvgIpc) is 2.68. The number of ether oxygens (including phenoxy) is 1. The molecule has 0 saturated carbocycles. The van der Waals surface area contributed by atoms with Crippen LogP contribution in [-0.4, -0.2) is 79.0 Å². The first-order valence-corrected chi connectivity index (χ1v) is 8.89. The topological polar surface area (TPSA) is 53.1 Å². The molecule has 2 fully saturated rings. The molecule has 27 heavy (non-hydrogen) atoms. The van der Waals surface area contributed by atoms with Gasteiger partial charge >= 0.3 is 18.0 Å². The molecule has 0 aliphatic carbocycles. The molecule has 0 unspecified atom stereocenters. The number of nitrogens with zero attached hydrogens (tertiary/aromatic N) is 3. The van der Waals surface area contributed by atoms with Crippen molar-refractivity contribution in [3.05, 3.63) is 35.4 Å². The van der Waals surface area contributed by atoms with E-state index in [0.29, 0.717) is 59.0 Å². The highest BCUT2D eigenvalue weighted by Gasteiger charge is 2.31. The molecule has 6 nitrogen and oxygen atoms in total. The van der Waals surface area contributed by atoms with E-state index in [0.717, 1.165) is 17.7 Å². The number of benzene rings is 1. The molecule has 0 aromatic heterocycles. The highest BCUT2D eigenvalue weighted by atomic mass is 19.4. The fraction of sp³-hybridized carbons (Fsp3) is 0.556. The van der Waals surface area contributed by atoms with E-state index in [9.17, 15) is 22.8 Å². The molecule has 2 heterocycles. The van der Waals surface area contributed by atoms with Gasteiger partial charge in [-0.25, -0.2) is 0 Å². The first-order chi connectivity index (χ1) is 12.8. The summed E-state index contributed by atoms with van der Waals surface area (Å²) in [6.45, 7) is 4.26. The van der Waals surface area contributed by atoms with E-state index in [1.54, 1.807) is 4.90 Å². The maximum atomic E-state index is 12.6. The summed E-state index contributed by atoms with van der Waals surface area (Å²) in [5.41, 5.74) is 0.121. The number of hydrogen-bond donors (Lipinski definition) is 0. The first kappa shape index (κ1) is 19.6. The predicted molar refractivity (Wildman–Crippen MR) is 90.7 cm³/mol. The molecule has 0 N–H and O–H groups in total. The van der Waals surface area contributed by atoms with Crippen LogP contribution in [0.4, 0.5) is 13.2 Å². The molecule has 0 bridgehead atoms. The number of carbonyl (C=O) groups is 2. The SMILES string of the molecule is O=C(C(=O)N1CCN(Cc2ccc(C(F)(F)F)cc2)CC1)N1CCOCC1. The Labute approximate surface area is 155 Å². The van der Waals surface area contributed by atoms with Crippen molar-refractivity contribution < 1.29 is 27.5 Å². The molecule has 0 atom stereocenters. The van der Waals surface area contributed by atoms with Gasteiger partial charge in [-0.1, -0.05) is 12.1 Å². The molecule has 2 saturated heterocycles. The van der Waals surface area contributed by atoms with Crippen LogP contribution in [0.5, 0.6) is 0 Å². The van der Waals surface area contributed by atoms with Crippen LogP contribution in [0.1, 0.15) is 11.1 Å². The van der Waals surface area contributed by atoms with Crippen LogP contribution in [0, 0.1) is 0 Å². The Bertz CT molecular complexity index is 665. The quantitative estimate of drug-likeness (QED) is 0.719. The van der Waals surface area contributed by atoms with Gasteiger partial charge in [0.25, 0.3) is 0 Å². The molecular formula is C18H22F3N3O3. The smallest absolute Gasteiger partial charge is 0.378 e. The lowest BCUT2D eigenvalue weighted by molar-refractivity contribution is -0.155. The lowest BCUT2D eigenvalue weighted by Crippen LogP contribution is -2.54. The number of morpholine rings is 1. The minimum Gasteiger partial charge on any atom is -0.378 e. The number of rotatable bonds is 2. The minimum atomic E-state index is -4.34. The van der Waals surface area contributed by atoms with Gasteiger partial charge < -0.3 is 14.5 Å². The van der Waals surface area contributed by atoms with Crippen molar-refractivity contribution in [1.82, 2.24) is 14.7 Å². The molecule has 2 amide bonds. The molecule has 0 radical (unpaired) electrons. The van der Waals surface area contributed by atoms with Crippen LogP contribution < -0.4 is 0 Å². The second-order valence-corrected chi connectivity index (χ2v) is 6.67. The Kier molecular flexibility index (Phi) is 6.01. The number of hydrogen-bond acceptors (Lipinski definition) is 4.